The maximum Gasteiger partial charge on any atom is 0.357 e. The molecule has 0 saturated carbocycles. The molecule has 306 valence electrons. The molecule has 3 N–H and O–H groups in total. The average Bonchev–Trinajstić information content (AvgIpc) is 3.90. The molecule has 0 saturated heterocycles. The van der Waals surface area contributed by atoms with Crippen LogP contribution < -0.4 is 14.2 Å². The smallest absolute Gasteiger partial charge is 0.357 e. The Labute approximate surface area is 337 Å². The van der Waals surface area contributed by atoms with Gasteiger partial charge in [0.05, 0.1) is 12.8 Å². The zero-order chi connectivity index (χ0) is 41.6. The van der Waals surface area contributed by atoms with Crippen molar-refractivity contribution in [1.29, 1.82) is 0 Å². The van der Waals surface area contributed by atoms with Gasteiger partial charge in [0.25, 0.3) is 0 Å². The van der Waals surface area contributed by atoms with Crippen LogP contribution in [0, 0.1) is 0 Å². The Balaban J connectivity index is 1.37. The summed E-state index contributed by atoms with van der Waals surface area (Å²) < 4.78 is 23.8. The van der Waals surface area contributed by atoms with Crippen molar-refractivity contribution in [2.24, 2.45) is 0 Å². The van der Waals surface area contributed by atoms with Crippen LogP contribution in [0.15, 0.2) is 73.2 Å². The second-order valence-corrected chi connectivity index (χ2v) is 15.4. The van der Waals surface area contributed by atoms with Crippen LogP contribution in [0.25, 0.3) is 32.7 Å². The number of benzene rings is 3. The molecule has 3 aromatic carbocycles. The number of esters is 4. The minimum atomic E-state index is -2.48. The van der Waals surface area contributed by atoms with Crippen molar-refractivity contribution < 1.29 is 38.1 Å². The largest absolute Gasteiger partial charge is 0.446 e. The van der Waals surface area contributed by atoms with Crippen LogP contribution in [0.1, 0.15) is 36.5 Å². The molecule has 0 unspecified atom stereocenters. The van der Waals surface area contributed by atoms with Gasteiger partial charge in [-0.2, -0.15) is 0 Å². The Hall–Kier alpha value is -5.96. The van der Waals surface area contributed by atoms with Crippen LogP contribution in [0.3, 0.4) is 0 Å². The quantitative estimate of drug-likeness (QED) is 0.0730. The molecule has 3 aromatic heterocycles. The summed E-state index contributed by atoms with van der Waals surface area (Å²) in [5.41, 5.74) is 2.47. The van der Waals surface area contributed by atoms with E-state index in [4.69, 9.17) is 18.9 Å². The number of H-pyrrole nitrogens is 3. The van der Waals surface area contributed by atoms with Crippen molar-refractivity contribution in [3.05, 3.63) is 89.9 Å². The van der Waals surface area contributed by atoms with E-state index in [1.54, 1.807) is 36.4 Å². The molecule has 0 amide bonds. The Morgan fingerprint density at radius 3 is 1.21 bits per heavy atom. The third-order valence-corrected chi connectivity index (χ3v) is 9.95. The van der Waals surface area contributed by atoms with Gasteiger partial charge in [-0.3, -0.25) is 14.4 Å². The summed E-state index contributed by atoms with van der Waals surface area (Å²) in [6.45, 7) is 3.31. The van der Waals surface area contributed by atoms with Gasteiger partial charge in [-0.15, -0.1) is 0 Å². The fraction of sp³-hybridized carbons (Fsp3) is 0.364. The molecule has 14 heteroatoms. The summed E-state index contributed by atoms with van der Waals surface area (Å²) >= 11 is 0. The van der Waals surface area contributed by atoms with Crippen molar-refractivity contribution in [3.8, 4) is 17.2 Å². The number of aromatic nitrogens is 3. The number of likely N-dealkylation sites (N-methyl/N-ethyl adjacent to an activating group) is 3. The van der Waals surface area contributed by atoms with E-state index in [2.05, 4.69) is 15.0 Å². The lowest BCUT2D eigenvalue weighted by Crippen LogP contribution is -2.50. The first kappa shape index (κ1) is 41.7. The third kappa shape index (κ3) is 9.76. The van der Waals surface area contributed by atoms with Crippen LogP contribution in [0.4, 0.5) is 0 Å². The van der Waals surface area contributed by atoms with Crippen molar-refractivity contribution in [1.82, 2.24) is 29.7 Å². The predicted molar refractivity (Wildman–Crippen MR) is 222 cm³/mol. The van der Waals surface area contributed by atoms with Crippen molar-refractivity contribution in [2.45, 2.75) is 44.6 Å². The van der Waals surface area contributed by atoms with Crippen molar-refractivity contribution in [2.75, 3.05) is 61.9 Å². The molecule has 0 aliphatic heterocycles. The molecule has 14 nitrogen and oxygen atoms in total. The van der Waals surface area contributed by atoms with E-state index >= 15 is 0 Å². The molecular formula is C44H52N6O8. The van der Waals surface area contributed by atoms with Gasteiger partial charge in [0.15, 0.2) is 0 Å². The van der Waals surface area contributed by atoms with Crippen LogP contribution in [-0.2, 0) is 43.2 Å². The first-order chi connectivity index (χ1) is 27.7. The molecule has 0 radical (unpaired) electrons. The summed E-state index contributed by atoms with van der Waals surface area (Å²) in [6.07, 6.45) is 5.86. The van der Waals surface area contributed by atoms with Crippen molar-refractivity contribution >= 4 is 56.6 Å². The minimum absolute atomic E-state index is 0.168. The van der Waals surface area contributed by atoms with Gasteiger partial charge in [0.2, 0.25) is 5.60 Å². The van der Waals surface area contributed by atoms with E-state index in [1.807, 2.05) is 93.8 Å². The number of aromatic amines is 3. The maximum absolute atomic E-state index is 14.7. The van der Waals surface area contributed by atoms with Gasteiger partial charge in [-0.05, 0) is 115 Å². The standard InChI is InChI=1S/C44H52N6O8/c1-28(51)58-44(43(54)57-37-16-10-13-34-42(37)31(27-47-34)19-22-50(6)7,23-38(52)55-35-14-8-11-32-40(35)29(25-45-32)17-20-48(2)3)24-39(53)56-36-15-9-12-33-41(36)30(26-46-33)18-21-49(4)5/h8-16,25-27,45-47H,17-24H2,1-7H3. The highest BCUT2D eigenvalue weighted by atomic mass is 16.6. The number of fused-ring (bicyclic) bond motifs is 3. The number of hydrogen-bond donors (Lipinski definition) is 3. The molecule has 0 aliphatic rings. The number of carbonyl (C=O) groups excluding carboxylic acids is 4. The highest BCUT2D eigenvalue weighted by Gasteiger charge is 2.49. The maximum atomic E-state index is 14.7. The van der Waals surface area contributed by atoms with E-state index < -0.39 is 42.3 Å². The normalized spacial score (nSPS) is 12.0. The van der Waals surface area contributed by atoms with Gasteiger partial charge in [0.1, 0.15) is 17.2 Å². The van der Waals surface area contributed by atoms with Gasteiger partial charge < -0.3 is 48.6 Å². The van der Waals surface area contributed by atoms with Gasteiger partial charge in [0, 0.05) is 77.9 Å². The number of ether oxygens (including phenoxy) is 4. The monoisotopic (exact) mass is 792 g/mol. The number of carbonyl (C=O) groups is 4. The predicted octanol–water partition coefficient (Wildman–Crippen LogP) is 5.64. The summed E-state index contributed by atoms with van der Waals surface area (Å²) in [5, 5.41) is 2.05. The molecule has 0 aliphatic carbocycles. The third-order valence-electron chi connectivity index (χ3n) is 9.95. The zero-order valence-electron chi connectivity index (χ0n) is 34.2. The van der Waals surface area contributed by atoms with Crippen LogP contribution in [0.2, 0.25) is 0 Å². The van der Waals surface area contributed by atoms with Gasteiger partial charge >= 0.3 is 23.9 Å². The second-order valence-electron chi connectivity index (χ2n) is 15.4. The molecular weight excluding hydrogens is 741 g/mol. The number of nitrogens with one attached hydrogen (secondary N) is 3. The number of rotatable bonds is 18. The summed E-state index contributed by atoms with van der Waals surface area (Å²) in [6, 6.07) is 15.7. The molecule has 0 fully saturated rings. The Kier molecular flexibility index (Phi) is 13.0. The lowest BCUT2D eigenvalue weighted by molar-refractivity contribution is -0.182. The first-order valence-electron chi connectivity index (χ1n) is 19.3. The molecule has 0 spiro atoms. The van der Waals surface area contributed by atoms with E-state index in [0.29, 0.717) is 40.9 Å². The van der Waals surface area contributed by atoms with E-state index in [-0.39, 0.29) is 17.2 Å². The number of hydrogen-bond acceptors (Lipinski definition) is 11. The van der Waals surface area contributed by atoms with Crippen LogP contribution in [0.5, 0.6) is 17.2 Å². The lowest BCUT2D eigenvalue weighted by Gasteiger charge is -2.29. The van der Waals surface area contributed by atoms with E-state index in [0.717, 1.165) is 54.3 Å². The van der Waals surface area contributed by atoms with Gasteiger partial charge in [-0.1, -0.05) is 18.2 Å². The molecule has 0 atom stereocenters. The Bertz CT molecular complexity index is 2320. The highest BCUT2D eigenvalue weighted by molar-refractivity contribution is 5.99. The molecule has 3 heterocycles. The Morgan fingerprint density at radius 1 is 0.534 bits per heavy atom. The molecule has 6 rings (SSSR count). The molecule has 0 bridgehead atoms. The highest BCUT2D eigenvalue weighted by Crippen LogP contribution is 2.36. The van der Waals surface area contributed by atoms with Gasteiger partial charge in [-0.25, -0.2) is 4.79 Å². The number of nitrogens with zero attached hydrogens (tertiary/aromatic N) is 3. The SMILES string of the molecule is CC(=O)OC(CC(=O)Oc1cccc2[nH]cc(CCN(C)C)c12)(CC(=O)Oc1cccc2[nH]cc(CCN(C)C)c12)C(=O)Oc1cccc2[nH]cc(CCN(C)C)c12. The summed E-state index contributed by atoms with van der Waals surface area (Å²) in [7, 11) is 11.8. The summed E-state index contributed by atoms with van der Waals surface area (Å²) in [4.78, 5) is 71.7. The van der Waals surface area contributed by atoms with E-state index in [9.17, 15) is 19.2 Å². The van der Waals surface area contributed by atoms with Crippen molar-refractivity contribution in [3.63, 3.8) is 0 Å². The minimum Gasteiger partial charge on any atom is -0.446 e. The van der Waals surface area contributed by atoms with Crippen LogP contribution >= 0.6 is 0 Å². The first-order valence-corrected chi connectivity index (χ1v) is 19.3. The molecule has 6 aromatic rings. The lowest BCUT2D eigenvalue weighted by atomic mass is 9.94. The zero-order valence-corrected chi connectivity index (χ0v) is 34.2. The van der Waals surface area contributed by atoms with E-state index in [1.165, 1.54) is 0 Å². The fourth-order valence-electron chi connectivity index (χ4n) is 7.11. The second kappa shape index (κ2) is 18.1. The average molecular weight is 793 g/mol. The fourth-order valence-corrected chi connectivity index (χ4v) is 7.11. The van der Waals surface area contributed by atoms with Crippen LogP contribution in [-0.4, -0.2) is 121 Å². The Morgan fingerprint density at radius 2 is 0.879 bits per heavy atom. The summed E-state index contributed by atoms with van der Waals surface area (Å²) in [5.74, 6) is -3.24. The molecule has 58 heavy (non-hydrogen) atoms. The topological polar surface area (TPSA) is 162 Å².